The van der Waals surface area contributed by atoms with Crippen molar-refractivity contribution in [2.24, 2.45) is 5.41 Å². The fourth-order valence-corrected chi connectivity index (χ4v) is 2.16. The largest absolute Gasteiger partial charge is 0.489 e. The van der Waals surface area contributed by atoms with Gasteiger partial charge in [0.15, 0.2) is 5.78 Å². The Labute approximate surface area is 147 Å². The number of nitrogens with zero attached hydrogens (tertiary/aromatic N) is 1. The van der Waals surface area contributed by atoms with Crippen molar-refractivity contribution in [1.29, 1.82) is 5.26 Å². The van der Waals surface area contributed by atoms with Crippen LogP contribution in [0.4, 0.5) is 4.39 Å². The summed E-state index contributed by atoms with van der Waals surface area (Å²) >= 11 is 0. The lowest BCUT2D eigenvalue weighted by Gasteiger charge is -2.15. The highest BCUT2D eigenvalue weighted by Gasteiger charge is 2.24. The lowest BCUT2D eigenvalue weighted by atomic mass is 9.86. The number of hydrogen-bond acceptors (Lipinski definition) is 3. The molecule has 0 fully saturated rings. The zero-order chi connectivity index (χ0) is 18.4. The van der Waals surface area contributed by atoms with Crippen LogP contribution in [0.3, 0.4) is 0 Å². The molecule has 0 radical (unpaired) electrons. The Bertz CT molecular complexity index is 824. The number of allylic oxidation sites excluding steroid dienone is 1. The topological polar surface area (TPSA) is 50.1 Å². The third-order valence-corrected chi connectivity index (χ3v) is 3.59. The van der Waals surface area contributed by atoms with Crippen LogP contribution in [0, 0.1) is 22.6 Å². The number of rotatable bonds is 5. The highest BCUT2D eigenvalue weighted by molar-refractivity contribution is 6.06. The zero-order valence-electron chi connectivity index (χ0n) is 14.5. The molecule has 0 bridgehead atoms. The maximum atomic E-state index is 13.6. The predicted molar refractivity (Wildman–Crippen MR) is 95.2 cm³/mol. The second-order valence-corrected chi connectivity index (χ2v) is 6.70. The SMILES string of the molecule is CC(C)(C)C(=O)/C(C#N)=C\c1ccc(OCc2ccccc2F)cc1. The van der Waals surface area contributed by atoms with Crippen molar-refractivity contribution in [3.8, 4) is 11.8 Å². The minimum atomic E-state index is -0.607. The smallest absolute Gasteiger partial charge is 0.178 e. The maximum Gasteiger partial charge on any atom is 0.178 e. The summed E-state index contributed by atoms with van der Waals surface area (Å²) in [5, 5.41) is 9.21. The molecule has 2 aromatic rings. The van der Waals surface area contributed by atoms with Gasteiger partial charge in [-0.2, -0.15) is 5.26 Å². The Balaban J connectivity index is 2.09. The van der Waals surface area contributed by atoms with Gasteiger partial charge in [-0.3, -0.25) is 4.79 Å². The molecule has 4 heteroatoms. The number of benzene rings is 2. The highest BCUT2D eigenvalue weighted by Crippen LogP contribution is 2.22. The van der Waals surface area contributed by atoms with Crippen molar-refractivity contribution in [3.05, 3.63) is 71.0 Å². The third-order valence-electron chi connectivity index (χ3n) is 3.59. The molecule has 0 spiro atoms. The number of ether oxygens (including phenoxy) is 1. The molecule has 128 valence electrons. The molecule has 0 heterocycles. The van der Waals surface area contributed by atoms with Gasteiger partial charge in [-0.1, -0.05) is 51.1 Å². The van der Waals surface area contributed by atoms with Gasteiger partial charge >= 0.3 is 0 Å². The summed E-state index contributed by atoms with van der Waals surface area (Å²) in [4.78, 5) is 12.2. The van der Waals surface area contributed by atoms with Gasteiger partial charge in [-0.25, -0.2) is 4.39 Å². The first-order valence-electron chi connectivity index (χ1n) is 7.94. The van der Waals surface area contributed by atoms with Crippen molar-refractivity contribution < 1.29 is 13.9 Å². The fraction of sp³-hybridized carbons (Fsp3) is 0.238. The number of nitriles is 1. The summed E-state index contributed by atoms with van der Waals surface area (Å²) < 4.78 is 19.1. The molecule has 25 heavy (non-hydrogen) atoms. The van der Waals surface area contributed by atoms with Gasteiger partial charge in [0.05, 0.1) is 5.57 Å². The molecule has 0 N–H and O–H groups in total. The van der Waals surface area contributed by atoms with Crippen molar-refractivity contribution in [3.63, 3.8) is 0 Å². The van der Waals surface area contributed by atoms with Crippen molar-refractivity contribution >= 4 is 11.9 Å². The van der Waals surface area contributed by atoms with E-state index < -0.39 is 5.41 Å². The Morgan fingerprint density at radius 2 is 1.80 bits per heavy atom. The quantitative estimate of drug-likeness (QED) is 0.574. The van der Waals surface area contributed by atoms with Gasteiger partial charge in [0.1, 0.15) is 24.2 Å². The fourth-order valence-electron chi connectivity index (χ4n) is 2.16. The number of halogens is 1. The van der Waals surface area contributed by atoms with Crippen LogP contribution in [-0.2, 0) is 11.4 Å². The van der Waals surface area contributed by atoms with Crippen LogP contribution in [-0.4, -0.2) is 5.78 Å². The molecule has 2 aromatic carbocycles. The molecule has 0 aliphatic heterocycles. The zero-order valence-corrected chi connectivity index (χ0v) is 14.5. The van der Waals surface area contributed by atoms with Crippen LogP contribution in [0.1, 0.15) is 31.9 Å². The molecular weight excluding hydrogens is 317 g/mol. The van der Waals surface area contributed by atoms with Gasteiger partial charge in [0.2, 0.25) is 0 Å². The van der Waals surface area contributed by atoms with E-state index in [2.05, 4.69) is 0 Å². The average Bonchev–Trinajstić information content (AvgIpc) is 2.58. The second-order valence-electron chi connectivity index (χ2n) is 6.70. The Kier molecular flexibility index (Phi) is 5.71. The molecule has 0 atom stereocenters. The van der Waals surface area contributed by atoms with Crippen LogP contribution in [0.2, 0.25) is 0 Å². The standard InChI is InChI=1S/C21H20FNO2/c1-21(2,3)20(24)17(13-23)12-15-8-10-18(11-9-15)25-14-16-6-4-5-7-19(16)22/h4-12H,14H2,1-3H3/b17-12-. The Hall–Kier alpha value is -2.93. The van der Waals surface area contributed by atoms with E-state index in [4.69, 9.17) is 4.74 Å². The number of Topliss-reactive ketones (excluding diaryl/α,β-unsaturated/α-hetero) is 1. The van der Waals surface area contributed by atoms with Crippen LogP contribution in [0.5, 0.6) is 5.75 Å². The number of hydrogen-bond donors (Lipinski definition) is 0. The summed E-state index contributed by atoms with van der Waals surface area (Å²) in [5.74, 6) is 0.0809. The molecule has 0 saturated heterocycles. The second kappa shape index (κ2) is 7.76. The lowest BCUT2D eigenvalue weighted by molar-refractivity contribution is -0.121. The van der Waals surface area contributed by atoms with Gasteiger partial charge in [-0.15, -0.1) is 0 Å². The number of carbonyl (C=O) groups excluding carboxylic acids is 1. The van der Waals surface area contributed by atoms with Crippen LogP contribution < -0.4 is 4.74 Å². The Morgan fingerprint density at radius 3 is 2.36 bits per heavy atom. The molecule has 0 saturated carbocycles. The van der Waals surface area contributed by atoms with E-state index in [-0.39, 0.29) is 23.8 Å². The van der Waals surface area contributed by atoms with Crippen molar-refractivity contribution in [1.82, 2.24) is 0 Å². The summed E-state index contributed by atoms with van der Waals surface area (Å²) in [6.07, 6.45) is 1.56. The highest BCUT2D eigenvalue weighted by atomic mass is 19.1. The van der Waals surface area contributed by atoms with Crippen LogP contribution in [0.15, 0.2) is 54.1 Å². The third kappa shape index (κ3) is 5.02. The average molecular weight is 337 g/mol. The summed E-state index contributed by atoms with van der Waals surface area (Å²) in [7, 11) is 0. The van der Waals surface area contributed by atoms with Crippen molar-refractivity contribution in [2.75, 3.05) is 0 Å². The van der Waals surface area contributed by atoms with E-state index in [1.54, 1.807) is 69.3 Å². The summed E-state index contributed by atoms with van der Waals surface area (Å²) in [6.45, 7) is 5.47. The number of carbonyl (C=O) groups is 1. The van der Waals surface area contributed by atoms with Crippen LogP contribution in [0.25, 0.3) is 6.08 Å². The minimum absolute atomic E-state index is 0.118. The first-order chi connectivity index (χ1) is 11.8. The van der Waals surface area contributed by atoms with Gasteiger partial charge in [-0.05, 0) is 29.8 Å². The molecule has 3 nitrogen and oxygen atoms in total. The van der Waals surface area contributed by atoms with Gasteiger partial charge in [0.25, 0.3) is 0 Å². The van der Waals surface area contributed by atoms with E-state index in [0.29, 0.717) is 11.3 Å². The summed E-state index contributed by atoms with van der Waals surface area (Å²) in [5.41, 5.74) is 0.721. The normalized spacial score (nSPS) is 11.7. The Morgan fingerprint density at radius 1 is 1.16 bits per heavy atom. The molecule has 0 aliphatic rings. The predicted octanol–water partition coefficient (Wildman–Crippen LogP) is 4.93. The molecule has 0 amide bonds. The van der Waals surface area contributed by atoms with Gasteiger partial charge in [0, 0.05) is 11.0 Å². The molecule has 0 aliphatic carbocycles. The van der Waals surface area contributed by atoms with E-state index in [1.807, 2.05) is 6.07 Å². The number of ketones is 1. The first kappa shape index (κ1) is 18.4. The lowest BCUT2D eigenvalue weighted by Crippen LogP contribution is -2.21. The molecular formula is C21H20FNO2. The van der Waals surface area contributed by atoms with Crippen LogP contribution >= 0.6 is 0 Å². The van der Waals surface area contributed by atoms with Crippen molar-refractivity contribution in [2.45, 2.75) is 27.4 Å². The van der Waals surface area contributed by atoms with Gasteiger partial charge < -0.3 is 4.74 Å². The summed E-state index contributed by atoms with van der Waals surface area (Å²) in [6, 6.07) is 15.4. The molecule has 2 rings (SSSR count). The van der Waals surface area contributed by atoms with E-state index in [1.165, 1.54) is 6.07 Å². The van der Waals surface area contributed by atoms with E-state index >= 15 is 0 Å². The monoisotopic (exact) mass is 337 g/mol. The van der Waals surface area contributed by atoms with E-state index in [9.17, 15) is 14.4 Å². The molecule has 0 unspecified atom stereocenters. The maximum absolute atomic E-state index is 13.6. The first-order valence-corrected chi connectivity index (χ1v) is 7.94. The molecule has 0 aromatic heterocycles. The minimum Gasteiger partial charge on any atom is -0.489 e. The van der Waals surface area contributed by atoms with E-state index in [0.717, 1.165) is 5.56 Å².